The first-order valence-electron chi connectivity index (χ1n) is 4.45. The first kappa shape index (κ1) is 11.2. The lowest BCUT2D eigenvalue weighted by atomic mass is 10.4. The minimum Gasteiger partial charge on any atom is -0.469 e. The molecule has 6 nitrogen and oxygen atoms in total. The smallest absolute Gasteiger partial charge is 0.329 e. The van der Waals surface area contributed by atoms with Crippen LogP contribution in [-0.2, 0) is 9.53 Å². The molecule has 0 bridgehead atoms. The van der Waals surface area contributed by atoms with E-state index in [1.165, 1.54) is 29.1 Å². The average Bonchev–Trinajstić information content (AvgIpc) is 2.77. The zero-order chi connectivity index (χ0) is 11.3. The molecule has 1 aromatic rings. The van der Waals surface area contributed by atoms with Crippen molar-refractivity contribution in [3.63, 3.8) is 0 Å². The number of nitrogens with zero attached hydrogens (tertiary/aromatic N) is 3. The summed E-state index contributed by atoms with van der Waals surface area (Å²) in [5, 5.41) is 0. The molecule has 1 amide bonds. The minimum atomic E-state index is -0.333. The fraction of sp³-hybridized carbons (Fsp3) is 0.444. The molecular formula is C9H13N3O3. The SMILES string of the molecule is COC(=O)CCN(C)C(=O)n1ccnc1. The Morgan fingerprint density at radius 1 is 1.53 bits per heavy atom. The van der Waals surface area contributed by atoms with Crippen molar-refractivity contribution in [2.45, 2.75) is 6.42 Å². The van der Waals surface area contributed by atoms with E-state index in [9.17, 15) is 9.59 Å². The van der Waals surface area contributed by atoms with E-state index < -0.39 is 0 Å². The third-order valence-corrected chi connectivity index (χ3v) is 1.93. The molecule has 82 valence electrons. The summed E-state index contributed by atoms with van der Waals surface area (Å²) in [4.78, 5) is 27.6. The van der Waals surface area contributed by atoms with Crippen molar-refractivity contribution >= 4 is 12.0 Å². The maximum Gasteiger partial charge on any atom is 0.329 e. The molecular weight excluding hydrogens is 198 g/mol. The predicted molar refractivity (Wildman–Crippen MR) is 52.3 cm³/mol. The fourth-order valence-electron chi connectivity index (χ4n) is 1.03. The molecule has 0 spiro atoms. The number of carbonyl (C=O) groups is 2. The van der Waals surface area contributed by atoms with Gasteiger partial charge in [-0.15, -0.1) is 0 Å². The molecule has 1 heterocycles. The van der Waals surface area contributed by atoms with Gasteiger partial charge in [0.05, 0.1) is 13.5 Å². The monoisotopic (exact) mass is 211 g/mol. The van der Waals surface area contributed by atoms with Gasteiger partial charge < -0.3 is 9.64 Å². The third-order valence-electron chi connectivity index (χ3n) is 1.93. The molecule has 0 radical (unpaired) electrons. The van der Waals surface area contributed by atoms with Crippen molar-refractivity contribution < 1.29 is 14.3 Å². The van der Waals surface area contributed by atoms with Gasteiger partial charge in [0, 0.05) is 26.0 Å². The third kappa shape index (κ3) is 3.08. The van der Waals surface area contributed by atoms with E-state index in [4.69, 9.17) is 0 Å². The largest absolute Gasteiger partial charge is 0.469 e. The number of hydrogen-bond acceptors (Lipinski definition) is 4. The summed E-state index contributed by atoms with van der Waals surface area (Å²) in [6, 6.07) is -0.226. The summed E-state index contributed by atoms with van der Waals surface area (Å²) >= 11 is 0. The van der Waals surface area contributed by atoms with Crippen LogP contribution in [0, 0.1) is 0 Å². The molecule has 0 saturated heterocycles. The highest BCUT2D eigenvalue weighted by Crippen LogP contribution is 1.95. The van der Waals surface area contributed by atoms with Crippen molar-refractivity contribution in [1.29, 1.82) is 0 Å². The standard InChI is InChI=1S/C9H13N3O3/c1-11(5-3-8(13)15-2)9(14)12-6-4-10-7-12/h4,6-7H,3,5H2,1-2H3. The van der Waals surface area contributed by atoms with Crippen LogP contribution < -0.4 is 0 Å². The van der Waals surface area contributed by atoms with Crippen LogP contribution in [0.5, 0.6) is 0 Å². The van der Waals surface area contributed by atoms with Crippen molar-refractivity contribution in [3.05, 3.63) is 18.7 Å². The molecule has 0 aromatic carbocycles. The summed E-state index contributed by atoms with van der Waals surface area (Å²) in [5.74, 6) is -0.333. The molecule has 0 unspecified atom stereocenters. The Bertz CT molecular complexity index is 334. The number of methoxy groups -OCH3 is 1. The zero-order valence-corrected chi connectivity index (χ0v) is 8.71. The van der Waals surface area contributed by atoms with Gasteiger partial charge in [0.15, 0.2) is 0 Å². The number of imidazole rings is 1. The van der Waals surface area contributed by atoms with Crippen LogP contribution in [0.2, 0.25) is 0 Å². The second-order valence-corrected chi connectivity index (χ2v) is 3.00. The molecule has 0 aliphatic rings. The number of esters is 1. The van der Waals surface area contributed by atoms with Crippen molar-refractivity contribution in [2.24, 2.45) is 0 Å². The fourth-order valence-corrected chi connectivity index (χ4v) is 1.03. The minimum absolute atomic E-state index is 0.188. The van der Waals surface area contributed by atoms with Crippen LogP contribution in [0.4, 0.5) is 4.79 Å². The van der Waals surface area contributed by atoms with Gasteiger partial charge in [-0.1, -0.05) is 0 Å². The van der Waals surface area contributed by atoms with Crippen LogP contribution in [0.25, 0.3) is 0 Å². The molecule has 15 heavy (non-hydrogen) atoms. The summed E-state index contributed by atoms with van der Waals surface area (Å²) in [5.41, 5.74) is 0. The Morgan fingerprint density at radius 2 is 2.27 bits per heavy atom. The van der Waals surface area contributed by atoms with E-state index in [1.54, 1.807) is 13.2 Å². The summed E-state index contributed by atoms with van der Waals surface area (Å²) in [6.07, 6.45) is 4.67. The summed E-state index contributed by atoms with van der Waals surface area (Å²) in [7, 11) is 2.94. The molecule has 0 N–H and O–H groups in total. The average molecular weight is 211 g/mol. The topological polar surface area (TPSA) is 64.4 Å². The maximum atomic E-state index is 11.6. The van der Waals surface area contributed by atoms with Crippen LogP contribution >= 0.6 is 0 Å². The van der Waals surface area contributed by atoms with Crippen LogP contribution in [0.15, 0.2) is 18.7 Å². The molecule has 0 fully saturated rings. The Kier molecular flexibility index (Phi) is 3.84. The van der Waals surface area contributed by atoms with Gasteiger partial charge >= 0.3 is 12.0 Å². The van der Waals surface area contributed by atoms with Gasteiger partial charge in [0.25, 0.3) is 0 Å². The second kappa shape index (κ2) is 5.14. The van der Waals surface area contributed by atoms with Crippen molar-refractivity contribution in [2.75, 3.05) is 20.7 Å². The van der Waals surface area contributed by atoms with E-state index in [1.807, 2.05) is 0 Å². The number of hydrogen-bond donors (Lipinski definition) is 0. The van der Waals surface area contributed by atoms with Crippen LogP contribution in [0.1, 0.15) is 6.42 Å². The first-order chi connectivity index (χ1) is 7.15. The molecule has 0 saturated carbocycles. The highest BCUT2D eigenvalue weighted by Gasteiger charge is 2.11. The highest BCUT2D eigenvalue weighted by molar-refractivity contribution is 5.77. The van der Waals surface area contributed by atoms with E-state index in [2.05, 4.69) is 9.72 Å². The van der Waals surface area contributed by atoms with Crippen LogP contribution in [0.3, 0.4) is 0 Å². The zero-order valence-electron chi connectivity index (χ0n) is 8.71. The van der Waals surface area contributed by atoms with Crippen molar-refractivity contribution in [3.8, 4) is 0 Å². The van der Waals surface area contributed by atoms with Gasteiger partial charge in [-0.2, -0.15) is 0 Å². The molecule has 0 aliphatic carbocycles. The Morgan fingerprint density at radius 3 is 2.80 bits per heavy atom. The summed E-state index contributed by atoms with van der Waals surface area (Å²) in [6.45, 7) is 0.323. The molecule has 1 rings (SSSR count). The van der Waals surface area contributed by atoms with E-state index in [0.29, 0.717) is 6.54 Å². The number of rotatable bonds is 3. The lowest BCUT2D eigenvalue weighted by molar-refractivity contribution is -0.140. The number of carbonyl (C=O) groups excluding carboxylic acids is 2. The van der Waals surface area contributed by atoms with Gasteiger partial charge in [-0.25, -0.2) is 9.78 Å². The Hall–Kier alpha value is -1.85. The molecule has 0 aliphatic heterocycles. The molecule has 6 heteroatoms. The highest BCUT2D eigenvalue weighted by atomic mass is 16.5. The van der Waals surface area contributed by atoms with Gasteiger partial charge in [0.1, 0.15) is 6.33 Å². The lowest BCUT2D eigenvalue weighted by Crippen LogP contribution is -2.32. The lowest BCUT2D eigenvalue weighted by Gasteiger charge is -2.15. The predicted octanol–water partition coefficient (Wildman–Crippen LogP) is 0.346. The van der Waals surface area contributed by atoms with Gasteiger partial charge in [-0.05, 0) is 0 Å². The van der Waals surface area contributed by atoms with Crippen molar-refractivity contribution in [1.82, 2.24) is 14.5 Å². The van der Waals surface area contributed by atoms with E-state index in [0.717, 1.165) is 0 Å². The molecule has 0 atom stereocenters. The summed E-state index contributed by atoms with van der Waals surface area (Å²) < 4.78 is 5.82. The van der Waals surface area contributed by atoms with Gasteiger partial charge in [0.2, 0.25) is 0 Å². The maximum absolute atomic E-state index is 11.6. The number of amides is 1. The van der Waals surface area contributed by atoms with E-state index in [-0.39, 0.29) is 18.4 Å². The first-order valence-corrected chi connectivity index (χ1v) is 4.45. The van der Waals surface area contributed by atoms with Gasteiger partial charge in [-0.3, -0.25) is 9.36 Å². The van der Waals surface area contributed by atoms with Crippen LogP contribution in [-0.4, -0.2) is 47.2 Å². The quantitative estimate of drug-likeness (QED) is 0.676. The Labute approximate surface area is 87.5 Å². The molecule has 1 aromatic heterocycles. The number of ether oxygens (including phenoxy) is 1. The number of aromatic nitrogens is 2. The van der Waals surface area contributed by atoms with E-state index >= 15 is 0 Å². The Balaban J connectivity index is 2.44. The second-order valence-electron chi connectivity index (χ2n) is 3.00. The normalized spacial score (nSPS) is 9.73.